The lowest BCUT2D eigenvalue weighted by Crippen LogP contribution is -2.09. The second-order valence-corrected chi connectivity index (χ2v) is 1.48. The van der Waals surface area contributed by atoms with E-state index in [2.05, 4.69) is 5.73 Å². The Morgan fingerprint density at radius 1 is 1.71 bits per heavy atom. The van der Waals surface area contributed by atoms with Gasteiger partial charge in [-0.1, -0.05) is 0 Å². The maximum absolute atomic E-state index is 5.34. The average Bonchev–Trinajstić information content (AvgIpc) is 1.61. The van der Waals surface area contributed by atoms with Crippen molar-refractivity contribution in [3.05, 3.63) is 17.9 Å². The van der Waals surface area contributed by atoms with Crippen molar-refractivity contribution in [3.8, 4) is 0 Å². The number of hydrogen-bond acceptors (Lipinski definition) is 1. The summed E-state index contributed by atoms with van der Waals surface area (Å²) in [6.07, 6.45) is 3.66. The molecule has 0 aliphatic heterocycles. The average molecular weight is 97.2 g/mol. The lowest BCUT2D eigenvalue weighted by Gasteiger charge is -1.86. The van der Waals surface area contributed by atoms with Crippen molar-refractivity contribution in [2.75, 3.05) is 0 Å². The van der Waals surface area contributed by atoms with Crippen molar-refractivity contribution in [2.24, 2.45) is 5.73 Å². The number of hydrogen-bond donors (Lipinski definition) is 1. The summed E-state index contributed by atoms with van der Waals surface area (Å²) in [5.74, 6) is 0. The Hall–Kier alpha value is -0.520. The predicted octanol–water partition coefficient (Wildman–Crippen LogP) is 1.06. The van der Waals surface area contributed by atoms with Gasteiger partial charge < -0.3 is 5.73 Å². The summed E-state index contributed by atoms with van der Waals surface area (Å²) < 4.78 is 0. The molecule has 0 aromatic heterocycles. The first-order valence-corrected chi connectivity index (χ1v) is 2.40. The Kier molecular flexibility index (Phi) is 3.39. The van der Waals surface area contributed by atoms with E-state index in [1.807, 2.05) is 26.0 Å². The molecule has 0 saturated heterocycles. The molecule has 0 heterocycles. The maximum atomic E-state index is 5.34. The van der Waals surface area contributed by atoms with Gasteiger partial charge in [0.1, 0.15) is 0 Å². The Morgan fingerprint density at radius 2 is 2.29 bits per heavy atom. The van der Waals surface area contributed by atoms with Crippen LogP contribution in [0, 0.1) is 0 Å². The standard InChI is InChI=1S/C6H11N/c1-3-4-5-6(2)7/h3,5-6H,7H2,1-2H3/t4?,6-/m0/s1. The minimum absolute atomic E-state index is 0.135. The SMILES string of the molecule is CC=C=C[C@H](C)N. The molecule has 0 aromatic rings. The monoisotopic (exact) mass is 97.1 g/mol. The van der Waals surface area contributed by atoms with E-state index in [-0.39, 0.29) is 6.04 Å². The molecule has 1 heteroatoms. The largest absolute Gasteiger partial charge is 0.324 e. The van der Waals surface area contributed by atoms with E-state index in [4.69, 9.17) is 5.73 Å². The fourth-order valence-electron chi connectivity index (χ4n) is 0.248. The third kappa shape index (κ3) is 5.48. The van der Waals surface area contributed by atoms with Crippen molar-refractivity contribution in [1.82, 2.24) is 0 Å². The van der Waals surface area contributed by atoms with Gasteiger partial charge in [0.15, 0.2) is 0 Å². The summed E-state index contributed by atoms with van der Waals surface area (Å²) in [6.45, 7) is 3.83. The lowest BCUT2D eigenvalue weighted by molar-refractivity contribution is 0.927. The summed E-state index contributed by atoms with van der Waals surface area (Å²) in [4.78, 5) is 0. The van der Waals surface area contributed by atoms with E-state index in [9.17, 15) is 0 Å². The third-order valence-electron chi connectivity index (χ3n) is 0.526. The van der Waals surface area contributed by atoms with E-state index in [1.54, 1.807) is 0 Å². The highest BCUT2D eigenvalue weighted by atomic mass is 14.6. The fourth-order valence-corrected chi connectivity index (χ4v) is 0.248. The van der Waals surface area contributed by atoms with Crippen LogP contribution in [0.5, 0.6) is 0 Å². The van der Waals surface area contributed by atoms with Crippen LogP contribution in [-0.4, -0.2) is 6.04 Å². The smallest absolute Gasteiger partial charge is 0.0270 e. The second-order valence-electron chi connectivity index (χ2n) is 1.48. The van der Waals surface area contributed by atoms with Gasteiger partial charge in [0.05, 0.1) is 0 Å². The summed E-state index contributed by atoms with van der Waals surface area (Å²) in [5, 5.41) is 0. The molecular weight excluding hydrogens is 86.1 g/mol. The van der Waals surface area contributed by atoms with Crippen molar-refractivity contribution >= 4 is 0 Å². The molecule has 0 saturated carbocycles. The molecule has 2 N–H and O–H groups in total. The van der Waals surface area contributed by atoms with Crippen molar-refractivity contribution in [2.45, 2.75) is 19.9 Å². The van der Waals surface area contributed by atoms with Crippen LogP contribution in [-0.2, 0) is 0 Å². The molecule has 0 aliphatic rings. The first kappa shape index (κ1) is 6.48. The molecule has 1 atom stereocenters. The van der Waals surface area contributed by atoms with Gasteiger partial charge in [-0.25, -0.2) is 0 Å². The molecule has 0 rings (SSSR count). The second kappa shape index (κ2) is 3.66. The zero-order valence-electron chi connectivity index (χ0n) is 4.81. The van der Waals surface area contributed by atoms with Gasteiger partial charge in [0, 0.05) is 6.04 Å². The zero-order chi connectivity index (χ0) is 5.70. The van der Waals surface area contributed by atoms with Crippen LogP contribution in [0.15, 0.2) is 17.9 Å². The van der Waals surface area contributed by atoms with Crippen LogP contribution in [0.1, 0.15) is 13.8 Å². The van der Waals surface area contributed by atoms with Gasteiger partial charge in [-0.15, -0.1) is 5.73 Å². The molecule has 1 nitrogen and oxygen atoms in total. The van der Waals surface area contributed by atoms with Gasteiger partial charge in [0.2, 0.25) is 0 Å². The maximum Gasteiger partial charge on any atom is 0.0270 e. The number of rotatable bonds is 1. The first-order valence-electron chi connectivity index (χ1n) is 2.40. The van der Waals surface area contributed by atoms with Gasteiger partial charge in [-0.05, 0) is 26.0 Å². The first-order chi connectivity index (χ1) is 3.27. The molecule has 0 aromatic carbocycles. The van der Waals surface area contributed by atoms with E-state index < -0.39 is 0 Å². The molecule has 7 heavy (non-hydrogen) atoms. The topological polar surface area (TPSA) is 26.0 Å². The predicted molar refractivity (Wildman–Crippen MR) is 32.0 cm³/mol. The third-order valence-corrected chi connectivity index (χ3v) is 0.526. The Bertz CT molecular complexity index is 86.4. The van der Waals surface area contributed by atoms with Crippen molar-refractivity contribution < 1.29 is 0 Å². The van der Waals surface area contributed by atoms with E-state index in [0.29, 0.717) is 0 Å². The van der Waals surface area contributed by atoms with Crippen LogP contribution < -0.4 is 5.73 Å². The molecule has 40 valence electrons. The van der Waals surface area contributed by atoms with E-state index in [1.165, 1.54) is 0 Å². The summed E-state index contributed by atoms with van der Waals surface area (Å²) in [7, 11) is 0. The van der Waals surface area contributed by atoms with Crippen LogP contribution in [0.25, 0.3) is 0 Å². The van der Waals surface area contributed by atoms with Crippen molar-refractivity contribution in [3.63, 3.8) is 0 Å². The molecule has 0 bridgehead atoms. The van der Waals surface area contributed by atoms with Crippen LogP contribution in [0.3, 0.4) is 0 Å². The summed E-state index contributed by atoms with van der Waals surface area (Å²) in [6, 6.07) is 0.135. The Balaban J connectivity index is 3.46. The fraction of sp³-hybridized carbons (Fsp3) is 0.500. The van der Waals surface area contributed by atoms with Crippen LogP contribution >= 0.6 is 0 Å². The molecule has 0 amide bonds. The van der Waals surface area contributed by atoms with E-state index >= 15 is 0 Å². The quantitative estimate of drug-likeness (QED) is 0.486. The molecule has 0 radical (unpaired) electrons. The highest BCUT2D eigenvalue weighted by Gasteiger charge is 1.76. The van der Waals surface area contributed by atoms with Gasteiger partial charge in [-0.3, -0.25) is 0 Å². The van der Waals surface area contributed by atoms with E-state index in [0.717, 1.165) is 0 Å². The van der Waals surface area contributed by atoms with Crippen LogP contribution in [0.4, 0.5) is 0 Å². The lowest BCUT2D eigenvalue weighted by atomic mass is 10.3. The zero-order valence-corrected chi connectivity index (χ0v) is 4.81. The minimum atomic E-state index is 0.135. The van der Waals surface area contributed by atoms with Crippen molar-refractivity contribution in [1.29, 1.82) is 0 Å². The molecule has 0 aliphatic carbocycles. The van der Waals surface area contributed by atoms with Crippen LogP contribution in [0.2, 0.25) is 0 Å². The molecule has 0 fully saturated rings. The Labute approximate surface area is 44.5 Å². The molecule has 0 unspecified atom stereocenters. The minimum Gasteiger partial charge on any atom is -0.324 e. The summed E-state index contributed by atoms with van der Waals surface area (Å²) in [5.41, 5.74) is 8.21. The van der Waals surface area contributed by atoms with Gasteiger partial charge >= 0.3 is 0 Å². The highest BCUT2D eigenvalue weighted by molar-refractivity contribution is 4.87. The van der Waals surface area contributed by atoms with Gasteiger partial charge in [0.25, 0.3) is 0 Å². The molecular formula is C6H11N. The summed E-state index contributed by atoms with van der Waals surface area (Å²) >= 11 is 0. The number of nitrogens with two attached hydrogens (primary N) is 1. The van der Waals surface area contributed by atoms with Gasteiger partial charge in [-0.2, -0.15) is 0 Å². The Morgan fingerprint density at radius 3 is 2.43 bits per heavy atom. The molecule has 0 spiro atoms. The normalized spacial score (nSPS) is 11.9. The highest BCUT2D eigenvalue weighted by Crippen LogP contribution is 1.72.